The van der Waals surface area contributed by atoms with E-state index < -0.39 is 0 Å². The number of aryl methyl sites for hydroxylation is 2. The van der Waals surface area contributed by atoms with Gasteiger partial charge in [0.1, 0.15) is 6.54 Å². The molecule has 0 aliphatic carbocycles. The quantitative estimate of drug-likeness (QED) is 0.822. The van der Waals surface area contributed by atoms with Gasteiger partial charge >= 0.3 is 0 Å². The van der Waals surface area contributed by atoms with Crippen LogP contribution in [0.4, 0.5) is 5.13 Å². The summed E-state index contributed by atoms with van der Waals surface area (Å²) in [5.41, 5.74) is 0.910. The molecular formula is C14H14BrN3O3S. The van der Waals surface area contributed by atoms with Crippen molar-refractivity contribution in [1.29, 1.82) is 0 Å². The Morgan fingerprint density at radius 1 is 1.41 bits per heavy atom. The lowest BCUT2D eigenvalue weighted by molar-refractivity contribution is -0.116. The van der Waals surface area contributed by atoms with Crippen LogP contribution < -0.4 is 10.9 Å². The van der Waals surface area contributed by atoms with Gasteiger partial charge in [-0.15, -0.1) is 0 Å². The first kappa shape index (κ1) is 16.6. The van der Waals surface area contributed by atoms with Crippen LogP contribution in [-0.4, -0.2) is 21.2 Å². The van der Waals surface area contributed by atoms with Crippen LogP contribution in [0.5, 0.6) is 0 Å². The van der Waals surface area contributed by atoms with Gasteiger partial charge in [0.25, 0.3) is 5.56 Å². The molecule has 1 amide bonds. The molecule has 0 saturated carbocycles. The average Bonchev–Trinajstić information content (AvgIpc) is 2.76. The number of thiazole rings is 1. The Morgan fingerprint density at radius 2 is 2.09 bits per heavy atom. The maximum atomic E-state index is 12.0. The third-order valence-corrected chi connectivity index (χ3v) is 4.52. The number of aromatic nitrogens is 2. The second-order valence-corrected chi connectivity index (χ2v) is 6.73. The minimum Gasteiger partial charge on any atom is -0.305 e. The van der Waals surface area contributed by atoms with Crippen molar-refractivity contribution < 1.29 is 9.59 Å². The molecule has 0 aliphatic heterocycles. The van der Waals surface area contributed by atoms with E-state index in [0.717, 1.165) is 15.8 Å². The molecule has 2 aromatic heterocycles. The predicted octanol–water partition coefficient (Wildman–Crippen LogP) is 2.53. The molecule has 0 spiro atoms. The van der Waals surface area contributed by atoms with E-state index in [1.54, 1.807) is 26.1 Å². The van der Waals surface area contributed by atoms with Crippen molar-refractivity contribution in [3.63, 3.8) is 0 Å². The number of hydrogen-bond acceptors (Lipinski definition) is 5. The summed E-state index contributed by atoms with van der Waals surface area (Å²) < 4.78 is 2.04. The number of ketones is 1. The first-order valence-electron chi connectivity index (χ1n) is 6.42. The summed E-state index contributed by atoms with van der Waals surface area (Å²) in [4.78, 5) is 40.0. The van der Waals surface area contributed by atoms with Crippen molar-refractivity contribution in [3.8, 4) is 0 Å². The normalized spacial score (nSPS) is 10.5. The Hall–Kier alpha value is -1.80. The highest BCUT2D eigenvalue weighted by molar-refractivity contribution is 9.10. The van der Waals surface area contributed by atoms with Gasteiger partial charge in [0.15, 0.2) is 10.9 Å². The summed E-state index contributed by atoms with van der Waals surface area (Å²) in [6.07, 6.45) is 1.56. The first-order valence-corrected chi connectivity index (χ1v) is 8.03. The second kappa shape index (κ2) is 6.53. The van der Waals surface area contributed by atoms with Gasteiger partial charge in [-0.25, -0.2) is 4.98 Å². The lowest BCUT2D eigenvalue weighted by Crippen LogP contribution is -2.28. The van der Waals surface area contributed by atoms with E-state index >= 15 is 0 Å². The summed E-state index contributed by atoms with van der Waals surface area (Å²) in [6.45, 7) is 4.74. The Morgan fingerprint density at radius 3 is 2.68 bits per heavy atom. The van der Waals surface area contributed by atoms with Gasteiger partial charge < -0.3 is 9.88 Å². The van der Waals surface area contributed by atoms with Gasteiger partial charge in [0.05, 0.1) is 10.6 Å². The Labute approximate surface area is 139 Å². The molecule has 0 aromatic carbocycles. The molecule has 0 atom stereocenters. The molecule has 2 aromatic rings. The molecule has 0 saturated heterocycles. The van der Waals surface area contributed by atoms with E-state index in [1.807, 2.05) is 0 Å². The van der Waals surface area contributed by atoms with E-state index in [0.29, 0.717) is 21.3 Å². The van der Waals surface area contributed by atoms with Crippen molar-refractivity contribution in [2.45, 2.75) is 27.3 Å². The topological polar surface area (TPSA) is 81.1 Å². The molecule has 6 nitrogen and oxygen atoms in total. The summed E-state index contributed by atoms with van der Waals surface area (Å²) in [6, 6.07) is 1.69. The van der Waals surface area contributed by atoms with Crippen molar-refractivity contribution >= 4 is 44.1 Å². The number of halogens is 1. The number of amides is 1. The van der Waals surface area contributed by atoms with Crippen molar-refractivity contribution in [1.82, 2.24) is 9.55 Å². The van der Waals surface area contributed by atoms with Gasteiger partial charge in [-0.2, -0.15) is 0 Å². The third kappa shape index (κ3) is 3.69. The summed E-state index contributed by atoms with van der Waals surface area (Å²) >= 11 is 4.42. The zero-order valence-corrected chi connectivity index (χ0v) is 14.7. The van der Waals surface area contributed by atoms with Crippen molar-refractivity contribution in [2.75, 3.05) is 5.32 Å². The van der Waals surface area contributed by atoms with Gasteiger partial charge in [0, 0.05) is 23.2 Å². The molecular weight excluding hydrogens is 370 g/mol. The lowest BCUT2D eigenvalue weighted by atomic mass is 10.3. The number of pyridine rings is 1. The van der Waals surface area contributed by atoms with Gasteiger partial charge in [-0.05, 0) is 35.8 Å². The minimum absolute atomic E-state index is 0.0886. The number of Topliss-reactive ketones (excluding diaryl/α,β-unsaturated/α-hetero) is 1. The number of anilines is 1. The monoisotopic (exact) mass is 383 g/mol. The predicted molar refractivity (Wildman–Crippen MR) is 88.6 cm³/mol. The molecule has 0 fully saturated rings. The largest absolute Gasteiger partial charge is 0.305 e. The lowest BCUT2D eigenvalue weighted by Gasteiger charge is -2.07. The molecule has 0 unspecified atom stereocenters. The summed E-state index contributed by atoms with van der Waals surface area (Å²) in [5, 5.41) is 2.97. The Kier molecular flexibility index (Phi) is 4.92. The maximum Gasteiger partial charge on any atom is 0.253 e. The smallest absolute Gasteiger partial charge is 0.253 e. The van der Waals surface area contributed by atoms with Crippen LogP contribution in [-0.2, 0) is 11.3 Å². The third-order valence-electron chi connectivity index (χ3n) is 2.91. The average molecular weight is 384 g/mol. The van der Waals surface area contributed by atoms with E-state index in [1.165, 1.54) is 11.5 Å². The summed E-state index contributed by atoms with van der Waals surface area (Å²) in [5.74, 6) is -0.460. The SMILES string of the molecule is CC(=O)c1sc(NC(=O)Cn2cc(Br)cc(C)c2=O)nc1C. The Bertz CT molecular complexity index is 810. The molecule has 0 radical (unpaired) electrons. The summed E-state index contributed by atoms with van der Waals surface area (Å²) in [7, 11) is 0. The maximum absolute atomic E-state index is 12.0. The second-order valence-electron chi connectivity index (χ2n) is 4.81. The van der Waals surface area contributed by atoms with Crippen molar-refractivity contribution in [3.05, 3.63) is 43.2 Å². The minimum atomic E-state index is -0.372. The fourth-order valence-corrected chi connectivity index (χ4v) is 3.42. The zero-order chi connectivity index (χ0) is 16.4. The number of nitrogens with zero attached hydrogens (tertiary/aromatic N) is 2. The van der Waals surface area contributed by atoms with Gasteiger partial charge in [-0.1, -0.05) is 11.3 Å². The highest BCUT2D eigenvalue weighted by Crippen LogP contribution is 2.22. The fraction of sp³-hybridized carbons (Fsp3) is 0.286. The van der Waals surface area contributed by atoms with Crippen LogP contribution >= 0.6 is 27.3 Å². The number of carbonyl (C=O) groups excluding carboxylic acids is 2. The number of hydrogen-bond donors (Lipinski definition) is 1. The highest BCUT2D eigenvalue weighted by Gasteiger charge is 2.14. The molecule has 0 aliphatic rings. The van der Waals surface area contributed by atoms with Crippen LogP contribution in [0.2, 0.25) is 0 Å². The molecule has 2 heterocycles. The van der Waals surface area contributed by atoms with E-state index in [-0.39, 0.29) is 23.8 Å². The van der Waals surface area contributed by atoms with Crippen LogP contribution in [0.25, 0.3) is 0 Å². The van der Waals surface area contributed by atoms with Crippen molar-refractivity contribution in [2.24, 2.45) is 0 Å². The van der Waals surface area contributed by atoms with Gasteiger partial charge in [-0.3, -0.25) is 14.4 Å². The number of carbonyl (C=O) groups is 2. The van der Waals surface area contributed by atoms with E-state index in [4.69, 9.17) is 0 Å². The molecule has 116 valence electrons. The molecule has 8 heteroatoms. The molecule has 22 heavy (non-hydrogen) atoms. The highest BCUT2D eigenvalue weighted by atomic mass is 79.9. The zero-order valence-electron chi connectivity index (χ0n) is 12.3. The number of nitrogens with one attached hydrogen (secondary N) is 1. The molecule has 0 bridgehead atoms. The van der Waals surface area contributed by atoms with Crippen LogP contribution in [0, 0.1) is 13.8 Å². The standard InChI is InChI=1S/C14H14BrN3O3S/c1-7-4-10(15)5-18(13(7)21)6-11(20)17-14-16-8(2)12(22-14)9(3)19/h4-5H,6H2,1-3H3,(H,16,17,20). The molecule has 1 N–H and O–H groups in total. The van der Waals surface area contributed by atoms with Gasteiger partial charge in [0.2, 0.25) is 5.91 Å². The fourth-order valence-electron chi connectivity index (χ4n) is 1.95. The number of rotatable bonds is 4. The first-order chi connectivity index (χ1) is 10.3. The van der Waals surface area contributed by atoms with E-state index in [9.17, 15) is 14.4 Å². The van der Waals surface area contributed by atoms with Crippen LogP contribution in [0.3, 0.4) is 0 Å². The van der Waals surface area contributed by atoms with Crippen LogP contribution in [0.15, 0.2) is 21.5 Å². The molecule has 2 rings (SSSR count). The van der Waals surface area contributed by atoms with E-state index in [2.05, 4.69) is 26.2 Å². The van der Waals surface area contributed by atoms with Crippen LogP contribution in [0.1, 0.15) is 27.9 Å². The Balaban J connectivity index is 2.16.